The van der Waals surface area contributed by atoms with Crippen molar-refractivity contribution in [1.82, 2.24) is 0 Å². The Kier molecular flexibility index (Phi) is 3.94. The molecule has 2 atom stereocenters. The summed E-state index contributed by atoms with van der Waals surface area (Å²) in [6.07, 6.45) is 1.13. The smallest absolute Gasteiger partial charge is 0.146 e. The van der Waals surface area contributed by atoms with E-state index >= 15 is 0 Å². The molecule has 2 rings (SSSR count). The van der Waals surface area contributed by atoms with Gasteiger partial charge >= 0.3 is 0 Å². The number of anilines is 1. The first-order chi connectivity index (χ1) is 8.09. The monoisotopic (exact) mass is 254 g/mol. The van der Waals surface area contributed by atoms with Gasteiger partial charge < -0.3 is 10.6 Å². The predicted molar refractivity (Wildman–Crippen MR) is 73.1 cm³/mol. The van der Waals surface area contributed by atoms with E-state index < -0.39 is 0 Å². The fourth-order valence-electron chi connectivity index (χ4n) is 2.12. The molecule has 0 aromatic heterocycles. The fraction of sp³-hybridized carbons (Fsp3) is 0.538. The minimum absolute atomic E-state index is 0.120. The summed E-state index contributed by atoms with van der Waals surface area (Å²) in [6, 6.07) is 5.65. The highest BCUT2D eigenvalue weighted by Gasteiger charge is 2.22. The number of halogens is 1. The van der Waals surface area contributed by atoms with Crippen LogP contribution in [0.25, 0.3) is 0 Å². The van der Waals surface area contributed by atoms with Gasteiger partial charge in [0.2, 0.25) is 0 Å². The van der Waals surface area contributed by atoms with Crippen LogP contribution < -0.4 is 10.6 Å². The van der Waals surface area contributed by atoms with Gasteiger partial charge in [0.15, 0.2) is 0 Å². The summed E-state index contributed by atoms with van der Waals surface area (Å²) in [6.45, 7) is 1.87. The number of thioether (sulfide) groups is 1. The maximum atomic E-state index is 14.0. The maximum absolute atomic E-state index is 14.0. The van der Waals surface area contributed by atoms with Gasteiger partial charge in [-0.15, -0.1) is 0 Å². The van der Waals surface area contributed by atoms with E-state index in [1.807, 2.05) is 37.9 Å². The molecule has 2 N–H and O–H groups in total. The van der Waals surface area contributed by atoms with Crippen LogP contribution >= 0.6 is 11.8 Å². The van der Waals surface area contributed by atoms with Crippen LogP contribution in [-0.2, 0) is 0 Å². The number of hydrogen-bond acceptors (Lipinski definition) is 3. The van der Waals surface area contributed by atoms with Crippen LogP contribution in [0.15, 0.2) is 18.2 Å². The first-order valence-electron chi connectivity index (χ1n) is 5.95. The second-order valence-electron chi connectivity index (χ2n) is 4.63. The van der Waals surface area contributed by atoms with E-state index in [1.54, 1.807) is 6.07 Å². The summed E-state index contributed by atoms with van der Waals surface area (Å²) in [4.78, 5) is 2.06. The third-order valence-corrected chi connectivity index (χ3v) is 4.48. The number of nitrogens with two attached hydrogens (primary N) is 1. The van der Waals surface area contributed by atoms with Crippen molar-refractivity contribution in [3.05, 3.63) is 29.6 Å². The van der Waals surface area contributed by atoms with Crippen molar-refractivity contribution in [3.63, 3.8) is 0 Å². The average molecular weight is 254 g/mol. The molecule has 1 aromatic carbocycles. The van der Waals surface area contributed by atoms with E-state index in [2.05, 4.69) is 4.90 Å². The zero-order chi connectivity index (χ0) is 12.4. The number of benzene rings is 1. The molecular formula is C13H19FN2S. The molecule has 1 saturated heterocycles. The maximum Gasteiger partial charge on any atom is 0.146 e. The van der Waals surface area contributed by atoms with Gasteiger partial charge in [0.1, 0.15) is 5.82 Å². The molecule has 0 saturated carbocycles. The van der Waals surface area contributed by atoms with Crippen LogP contribution in [0.2, 0.25) is 0 Å². The standard InChI is InChI=1S/C13H19FN2S/c1-9(15)10-3-4-13(12(14)7-10)16(2)11-5-6-17-8-11/h3-4,7,9,11H,5-6,8,15H2,1-2H3. The van der Waals surface area contributed by atoms with Crippen LogP contribution in [0.1, 0.15) is 24.9 Å². The van der Waals surface area contributed by atoms with Crippen molar-refractivity contribution < 1.29 is 4.39 Å². The van der Waals surface area contributed by atoms with Gasteiger partial charge in [0.25, 0.3) is 0 Å². The largest absolute Gasteiger partial charge is 0.368 e. The van der Waals surface area contributed by atoms with Gasteiger partial charge in [-0.1, -0.05) is 6.07 Å². The first-order valence-corrected chi connectivity index (χ1v) is 7.10. The van der Waals surface area contributed by atoms with E-state index in [0.29, 0.717) is 11.7 Å². The molecule has 2 nitrogen and oxygen atoms in total. The zero-order valence-electron chi connectivity index (χ0n) is 10.3. The highest BCUT2D eigenvalue weighted by molar-refractivity contribution is 7.99. The lowest BCUT2D eigenvalue weighted by Gasteiger charge is -2.26. The van der Waals surface area contributed by atoms with Gasteiger partial charge in [-0.2, -0.15) is 11.8 Å². The molecule has 1 fully saturated rings. The topological polar surface area (TPSA) is 29.3 Å². The lowest BCUT2D eigenvalue weighted by molar-refractivity contribution is 0.603. The molecule has 17 heavy (non-hydrogen) atoms. The fourth-order valence-corrected chi connectivity index (χ4v) is 3.38. The Morgan fingerprint density at radius 3 is 2.82 bits per heavy atom. The second kappa shape index (κ2) is 5.27. The lowest BCUT2D eigenvalue weighted by atomic mass is 10.1. The van der Waals surface area contributed by atoms with Crippen LogP contribution in [0.3, 0.4) is 0 Å². The molecule has 1 aliphatic rings. The Balaban J connectivity index is 2.20. The lowest BCUT2D eigenvalue weighted by Crippen LogP contribution is -2.32. The second-order valence-corrected chi connectivity index (χ2v) is 5.78. The molecule has 0 bridgehead atoms. The molecule has 0 amide bonds. The molecule has 0 aliphatic carbocycles. The Morgan fingerprint density at radius 1 is 1.53 bits per heavy atom. The van der Waals surface area contributed by atoms with Crippen LogP contribution in [0, 0.1) is 5.82 Å². The Labute approximate surface area is 106 Å². The van der Waals surface area contributed by atoms with Crippen molar-refractivity contribution in [2.75, 3.05) is 23.5 Å². The van der Waals surface area contributed by atoms with Crippen molar-refractivity contribution in [2.24, 2.45) is 5.73 Å². The summed E-state index contributed by atoms with van der Waals surface area (Å²) in [5.74, 6) is 2.10. The molecule has 1 aromatic rings. The third-order valence-electron chi connectivity index (χ3n) is 3.33. The summed E-state index contributed by atoms with van der Waals surface area (Å²) < 4.78 is 14.0. The quantitative estimate of drug-likeness (QED) is 0.899. The van der Waals surface area contributed by atoms with Crippen LogP contribution in [-0.4, -0.2) is 24.6 Å². The average Bonchev–Trinajstić information content (AvgIpc) is 2.81. The first kappa shape index (κ1) is 12.7. The predicted octanol–water partition coefficient (Wildman–Crippen LogP) is 2.79. The molecule has 2 unspecified atom stereocenters. The minimum Gasteiger partial charge on any atom is -0.368 e. The van der Waals surface area contributed by atoms with Crippen molar-refractivity contribution in [3.8, 4) is 0 Å². The van der Waals surface area contributed by atoms with E-state index in [9.17, 15) is 4.39 Å². The number of rotatable bonds is 3. The molecular weight excluding hydrogens is 235 g/mol. The number of hydrogen-bond donors (Lipinski definition) is 1. The Bertz CT molecular complexity index is 389. The summed E-state index contributed by atoms with van der Waals surface area (Å²) in [5.41, 5.74) is 7.28. The van der Waals surface area contributed by atoms with Gasteiger partial charge in [-0.3, -0.25) is 0 Å². The minimum atomic E-state index is -0.167. The molecule has 4 heteroatoms. The normalized spacial score (nSPS) is 21.5. The third kappa shape index (κ3) is 2.75. The summed E-state index contributed by atoms with van der Waals surface area (Å²) in [5, 5.41) is 0. The van der Waals surface area contributed by atoms with E-state index in [-0.39, 0.29) is 11.9 Å². The summed E-state index contributed by atoms with van der Waals surface area (Å²) >= 11 is 1.93. The van der Waals surface area contributed by atoms with E-state index in [4.69, 9.17) is 5.73 Å². The van der Waals surface area contributed by atoms with E-state index in [0.717, 1.165) is 17.7 Å². The molecule has 0 spiro atoms. The van der Waals surface area contributed by atoms with Gasteiger partial charge in [-0.25, -0.2) is 4.39 Å². The van der Waals surface area contributed by atoms with Crippen LogP contribution in [0.5, 0.6) is 0 Å². The molecule has 0 radical (unpaired) electrons. The van der Waals surface area contributed by atoms with Crippen molar-refractivity contribution in [1.29, 1.82) is 0 Å². The molecule has 1 heterocycles. The van der Waals surface area contributed by atoms with Gasteiger partial charge in [-0.05, 0) is 36.8 Å². The Morgan fingerprint density at radius 2 is 2.29 bits per heavy atom. The summed E-state index contributed by atoms with van der Waals surface area (Å²) in [7, 11) is 1.97. The van der Waals surface area contributed by atoms with Crippen molar-refractivity contribution in [2.45, 2.75) is 25.4 Å². The zero-order valence-corrected chi connectivity index (χ0v) is 11.1. The van der Waals surface area contributed by atoms with E-state index in [1.165, 1.54) is 5.75 Å². The molecule has 94 valence electrons. The van der Waals surface area contributed by atoms with Crippen LogP contribution in [0.4, 0.5) is 10.1 Å². The van der Waals surface area contributed by atoms with Crippen molar-refractivity contribution >= 4 is 17.4 Å². The highest BCUT2D eigenvalue weighted by atomic mass is 32.2. The molecule has 1 aliphatic heterocycles. The Hall–Kier alpha value is -0.740. The SMILES string of the molecule is CC(N)c1ccc(N(C)C2CCSC2)c(F)c1. The number of nitrogens with zero attached hydrogens (tertiary/aromatic N) is 1. The van der Waals surface area contributed by atoms with Gasteiger partial charge in [0, 0.05) is 24.9 Å². The highest BCUT2D eigenvalue weighted by Crippen LogP contribution is 2.28. The van der Waals surface area contributed by atoms with Gasteiger partial charge in [0.05, 0.1) is 5.69 Å².